The van der Waals surface area contributed by atoms with Gasteiger partial charge in [-0.25, -0.2) is 0 Å². The molecule has 0 aromatic heterocycles. The van der Waals surface area contributed by atoms with Gasteiger partial charge in [0.1, 0.15) is 0 Å². The maximum absolute atomic E-state index is 12.1. The van der Waals surface area contributed by atoms with Crippen molar-refractivity contribution >= 4 is 5.91 Å². The monoisotopic (exact) mass is 268 g/mol. The average Bonchev–Trinajstić information content (AvgIpc) is 2.35. The van der Waals surface area contributed by atoms with Gasteiger partial charge in [-0.05, 0) is 49.5 Å². The number of nitrogens with one attached hydrogen (secondary N) is 1. The first-order chi connectivity index (χ1) is 8.93. The van der Waals surface area contributed by atoms with Crippen LogP contribution in [0.15, 0.2) is 0 Å². The molecule has 0 aliphatic heterocycles. The van der Waals surface area contributed by atoms with E-state index in [1.54, 1.807) is 0 Å². The van der Waals surface area contributed by atoms with Crippen molar-refractivity contribution in [2.45, 2.75) is 65.8 Å². The van der Waals surface area contributed by atoms with Crippen LogP contribution in [0, 0.1) is 23.7 Å². The van der Waals surface area contributed by atoms with E-state index in [2.05, 4.69) is 33.0 Å². The first kappa shape index (κ1) is 16.5. The lowest BCUT2D eigenvalue weighted by Crippen LogP contribution is -2.45. The van der Waals surface area contributed by atoms with Crippen LogP contribution in [0.3, 0.4) is 0 Å². The fourth-order valence-corrected chi connectivity index (χ4v) is 3.14. The fraction of sp³-hybridized carbons (Fsp3) is 0.938. The molecule has 1 amide bonds. The van der Waals surface area contributed by atoms with Crippen molar-refractivity contribution in [3.63, 3.8) is 0 Å². The maximum atomic E-state index is 12.1. The first-order valence-electron chi connectivity index (χ1n) is 7.93. The van der Waals surface area contributed by atoms with Gasteiger partial charge in [0.05, 0.1) is 0 Å². The molecule has 3 nitrogen and oxygen atoms in total. The molecule has 0 aromatic carbocycles. The lowest BCUT2D eigenvalue weighted by atomic mass is 9.74. The Morgan fingerprint density at radius 1 is 1.32 bits per heavy atom. The molecule has 1 aliphatic carbocycles. The van der Waals surface area contributed by atoms with Crippen LogP contribution in [0.5, 0.6) is 0 Å². The van der Waals surface area contributed by atoms with E-state index in [1.807, 2.05) is 0 Å². The Bertz CT molecular complexity index is 278. The van der Waals surface area contributed by atoms with Crippen molar-refractivity contribution in [3.05, 3.63) is 0 Å². The molecular weight excluding hydrogens is 236 g/mol. The highest BCUT2D eigenvalue weighted by Gasteiger charge is 2.31. The zero-order chi connectivity index (χ0) is 14.4. The maximum Gasteiger partial charge on any atom is 0.220 e. The summed E-state index contributed by atoms with van der Waals surface area (Å²) >= 11 is 0. The van der Waals surface area contributed by atoms with Gasteiger partial charge in [0.2, 0.25) is 5.91 Å². The number of carbonyl (C=O) groups excluding carboxylic acids is 1. The second-order valence-corrected chi connectivity index (χ2v) is 6.88. The quantitative estimate of drug-likeness (QED) is 0.778. The van der Waals surface area contributed by atoms with E-state index in [4.69, 9.17) is 5.73 Å². The van der Waals surface area contributed by atoms with E-state index in [-0.39, 0.29) is 5.91 Å². The molecule has 4 atom stereocenters. The third-order valence-corrected chi connectivity index (χ3v) is 4.64. The lowest BCUT2D eigenvalue weighted by molar-refractivity contribution is -0.123. The number of carbonyl (C=O) groups is 1. The summed E-state index contributed by atoms with van der Waals surface area (Å²) in [5.41, 5.74) is 5.59. The number of rotatable bonds is 6. The van der Waals surface area contributed by atoms with Crippen LogP contribution in [0.2, 0.25) is 0 Å². The zero-order valence-electron chi connectivity index (χ0n) is 13.1. The summed E-state index contributed by atoms with van der Waals surface area (Å²) in [6.07, 6.45) is 5.22. The molecule has 1 aliphatic rings. The number of hydrogen-bond acceptors (Lipinski definition) is 2. The van der Waals surface area contributed by atoms with Crippen LogP contribution in [0.1, 0.15) is 59.8 Å². The first-order valence-corrected chi connectivity index (χ1v) is 7.93. The van der Waals surface area contributed by atoms with Gasteiger partial charge < -0.3 is 11.1 Å². The molecule has 3 N–H and O–H groups in total. The molecule has 1 saturated carbocycles. The predicted molar refractivity (Wildman–Crippen MR) is 80.7 cm³/mol. The highest BCUT2D eigenvalue weighted by atomic mass is 16.1. The van der Waals surface area contributed by atoms with Crippen LogP contribution in [0.4, 0.5) is 0 Å². The Kier molecular flexibility index (Phi) is 6.84. The number of hydrogen-bond donors (Lipinski definition) is 2. The topological polar surface area (TPSA) is 55.1 Å². The molecule has 1 fully saturated rings. The highest BCUT2D eigenvalue weighted by Crippen LogP contribution is 2.33. The minimum Gasteiger partial charge on any atom is -0.353 e. The van der Waals surface area contributed by atoms with Gasteiger partial charge in [-0.15, -0.1) is 0 Å². The van der Waals surface area contributed by atoms with Crippen molar-refractivity contribution < 1.29 is 4.79 Å². The second kappa shape index (κ2) is 7.88. The Morgan fingerprint density at radius 2 is 2.00 bits per heavy atom. The van der Waals surface area contributed by atoms with Crippen molar-refractivity contribution in [1.82, 2.24) is 5.32 Å². The Morgan fingerprint density at radius 3 is 2.58 bits per heavy atom. The minimum atomic E-state index is 0.213. The van der Waals surface area contributed by atoms with E-state index >= 15 is 0 Å². The van der Waals surface area contributed by atoms with Crippen LogP contribution < -0.4 is 11.1 Å². The number of amides is 1. The minimum absolute atomic E-state index is 0.213. The summed E-state index contributed by atoms with van der Waals surface area (Å²) in [4.78, 5) is 12.1. The summed E-state index contributed by atoms with van der Waals surface area (Å²) < 4.78 is 0. The molecule has 1 rings (SSSR count). The van der Waals surface area contributed by atoms with Crippen molar-refractivity contribution in [2.75, 3.05) is 6.54 Å². The summed E-state index contributed by atoms with van der Waals surface area (Å²) in [6, 6.07) is 0.379. The summed E-state index contributed by atoms with van der Waals surface area (Å²) in [5, 5.41) is 3.28. The SMILES string of the molecule is CC(CN)CCC(=O)NC1CC(C)CCC1C(C)C. The molecule has 0 heterocycles. The summed E-state index contributed by atoms with van der Waals surface area (Å²) in [7, 11) is 0. The van der Waals surface area contributed by atoms with Crippen LogP contribution in [-0.2, 0) is 4.79 Å². The molecular formula is C16H32N2O. The van der Waals surface area contributed by atoms with Crippen LogP contribution >= 0.6 is 0 Å². The van der Waals surface area contributed by atoms with Crippen LogP contribution in [-0.4, -0.2) is 18.5 Å². The summed E-state index contributed by atoms with van der Waals surface area (Å²) in [6.45, 7) is 9.62. The largest absolute Gasteiger partial charge is 0.353 e. The van der Waals surface area contributed by atoms with Gasteiger partial charge in [0.25, 0.3) is 0 Å². The molecule has 0 aromatic rings. The van der Waals surface area contributed by atoms with E-state index in [9.17, 15) is 4.79 Å². The van der Waals surface area contributed by atoms with E-state index < -0.39 is 0 Å². The molecule has 3 heteroatoms. The number of nitrogens with two attached hydrogens (primary N) is 1. The Hall–Kier alpha value is -0.570. The fourth-order valence-electron chi connectivity index (χ4n) is 3.14. The molecule has 0 spiro atoms. The molecule has 4 unspecified atom stereocenters. The van der Waals surface area contributed by atoms with E-state index in [0.29, 0.717) is 36.8 Å². The smallest absolute Gasteiger partial charge is 0.220 e. The third kappa shape index (κ3) is 5.52. The molecule has 112 valence electrons. The average molecular weight is 268 g/mol. The lowest BCUT2D eigenvalue weighted by Gasteiger charge is -2.37. The Balaban J connectivity index is 2.44. The third-order valence-electron chi connectivity index (χ3n) is 4.64. The molecule has 0 saturated heterocycles. The van der Waals surface area contributed by atoms with Gasteiger partial charge in [0.15, 0.2) is 0 Å². The Labute approximate surface area is 118 Å². The zero-order valence-corrected chi connectivity index (χ0v) is 13.1. The van der Waals surface area contributed by atoms with Gasteiger partial charge in [-0.1, -0.05) is 34.1 Å². The van der Waals surface area contributed by atoms with Crippen molar-refractivity contribution in [3.8, 4) is 0 Å². The van der Waals surface area contributed by atoms with Crippen molar-refractivity contribution in [1.29, 1.82) is 0 Å². The van der Waals surface area contributed by atoms with Gasteiger partial charge in [0, 0.05) is 12.5 Å². The molecule has 19 heavy (non-hydrogen) atoms. The standard InChI is InChI=1S/C16H32N2O/c1-11(2)14-7-5-12(3)9-15(14)18-16(19)8-6-13(4)10-17/h11-15H,5-10,17H2,1-4H3,(H,18,19). The van der Waals surface area contributed by atoms with E-state index in [0.717, 1.165) is 18.8 Å². The predicted octanol–water partition coefficient (Wildman–Crippen LogP) is 2.94. The molecule has 0 radical (unpaired) electrons. The van der Waals surface area contributed by atoms with Gasteiger partial charge in [-0.2, -0.15) is 0 Å². The van der Waals surface area contributed by atoms with Gasteiger partial charge >= 0.3 is 0 Å². The molecule has 0 bridgehead atoms. The summed E-state index contributed by atoms with van der Waals surface area (Å²) in [5.74, 6) is 2.69. The van der Waals surface area contributed by atoms with Gasteiger partial charge in [-0.3, -0.25) is 4.79 Å². The normalized spacial score (nSPS) is 29.3. The second-order valence-electron chi connectivity index (χ2n) is 6.88. The highest BCUT2D eigenvalue weighted by molar-refractivity contribution is 5.76. The van der Waals surface area contributed by atoms with E-state index in [1.165, 1.54) is 12.8 Å². The van der Waals surface area contributed by atoms with Crippen molar-refractivity contribution in [2.24, 2.45) is 29.4 Å². The van der Waals surface area contributed by atoms with Crippen LogP contribution in [0.25, 0.3) is 0 Å².